The number of carbonyl (C=O) groups is 1. The first-order valence-corrected chi connectivity index (χ1v) is 5.30. The maximum Gasteiger partial charge on any atom is 0.357 e. The van der Waals surface area contributed by atoms with E-state index in [0.29, 0.717) is 5.69 Å². The molecule has 2 N–H and O–H groups in total. The predicted octanol–water partition coefficient (Wildman–Crippen LogP) is 2.78. The molecule has 2 rings (SSSR count). The summed E-state index contributed by atoms with van der Waals surface area (Å²) >= 11 is 5.61. The molecule has 0 aliphatic rings. The van der Waals surface area contributed by atoms with Gasteiger partial charge in [-0.05, 0) is 18.2 Å². The normalized spacial score (nSPS) is 10.3. The van der Waals surface area contributed by atoms with E-state index < -0.39 is 11.8 Å². The molecule has 7 heteroatoms. The largest absolute Gasteiger partial charge is 0.476 e. The van der Waals surface area contributed by atoms with Gasteiger partial charge in [-0.25, -0.2) is 14.2 Å². The van der Waals surface area contributed by atoms with Crippen molar-refractivity contribution in [3.8, 4) is 0 Å². The van der Waals surface area contributed by atoms with Gasteiger partial charge < -0.3 is 14.8 Å². The molecular weight excluding hydrogens is 263 g/mol. The Morgan fingerprint density at radius 2 is 2.33 bits per heavy atom. The van der Waals surface area contributed by atoms with Crippen molar-refractivity contribution in [1.82, 2.24) is 4.98 Å². The SMILES string of the molecule is O=C(O)c1coc(CNc2ccc(F)c(Cl)c2)n1. The van der Waals surface area contributed by atoms with Crippen molar-refractivity contribution in [2.45, 2.75) is 6.54 Å². The molecular formula is C11H8ClFN2O3. The lowest BCUT2D eigenvalue weighted by atomic mass is 10.3. The van der Waals surface area contributed by atoms with Crippen molar-refractivity contribution >= 4 is 23.3 Å². The Bertz CT molecular complexity index is 585. The number of aromatic nitrogens is 1. The number of carboxylic acid groups (broad SMARTS) is 1. The van der Waals surface area contributed by atoms with E-state index in [1.807, 2.05) is 0 Å². The number of carboxylic acids is 1. The second kappa shape index (κ2) is 5.05. The number of anilines is 1. The number of rotatable bonds is 4. The Balaban J connectivity index is 2.02. The van der Waals surface area contributed by atoms with Crippen molar-refractivity contribution in [2.24, 2.45) is 0 Å². The van der Waals surface area contributed by atoms with Gasteiger partial charge in [0.15, 0.2) is 5.69 Å². The van der Waals surface area contributed by atoms with Crippen molar-refractivity contribution in [1.29, 1.82) is 0 Å². The van der Waals surface area contributed by atoms with Gasteiger partial charge in [-0.3, -0.25) is 0 Å². The molecule has 0 bridgehead atoms. The smallest absolute Gasteiger partial charge is 0.357 e. The Morgan fingerprint density at radius 3 is 2.94 bits per heavy atom. The molecule has 1 aromatic carbocycles. The Hall–Kier alpha value is -2.08. The van der Waals surface area contributed by atoms with Crippen LogP contribution in [-0.2, 0) is 6.54 Å². The zero-order valence-electron chi connectivity index (χ0n) is 8.98. The van der Waals surface area contributed by atoms with Crippen molar-refractivity contribution in [3.05, 3.63) is 46.9 Å². The molecule has 0 spiro atoms. The highest BCUT2D eigenvalue weighted by Gasteiger charge is 2.10. The quantitative estimate of drug-likeness (QED) is 0.893. The molecule has 0 aliphatic carbocycles. The second-order valence-corrected chi connectivity index (χ2v) is 3.82. The zero-order chi connectivity index (χ0) is 13.1. The van der Waals surface area contributed by atoms with E-state index in [0.717, 1.165) is 6.26 Å². The van der Waals surface area contributed by atoms with E-state index in [4.69, 9.17) is 21.1 Å². The fourth-order valence-corrected chi connectivity index (χ4v) is 1.45. The molecule has 18 heavy (non-hydrogen) atoms. The third-order valence-corrected chi connectivity index (χ3v) is 2.42. The number of nitrogens with one attached hydrogen (secondary N) is 1. The number of nitrogens with zero attached hydrogens (tertiary/aromatic N) is 1. The van der Waals surface area contributed by atoms with Gasteiger partial charge in [-0.1, -0.05) is 11.6 Å². The Kier molecular flexibility index (Phi) is 3.47. The average Bonchev–Trinajstić information content (AvgIpc) is 2.79. The minimum Gasteiger partial charge on any atom is -0.476 e. The Labute approximate surface area is 106 Å². The zero-order valence-corrected chi connectivity index (χ0v) is 9.74. The summed E-state index contributed by atoms with van der Waals surface area (Å²) in [6.07, 6.45) is 1.05. The number of oxazole rings is 1. The van der Waals surface area contributed by atoms with Crippen molar-refractivity contribution in [3.63, 3.8) is 0 Å². The van der Waals surface area contributed by atoms with Crippen molar-refractivity contribution < 1.29 is 18.7 Å². The molecule has 0 fully saturated rings. The lowest BCUT2D eigenvalue weighted by Crippen LogP contribution is -2.01. The van der Waals surface area contributed by atoms with Crippen molar-refractivity contribution in [2.75, 3.05) is 5.32 Å². The summed E-state index contributed by atoms with van der Waals surface area (Å²) in [6.45, 7) is 0.176. The summed E-state index contributed by atoms with van der Waals surface area (Å²) in [7, 11) is 0. The van der Waals surface area contributed by atoms with Crippen LogP contribution in [0.4, 0.5) is 10.1 Å². The van der Waals surface area contributed by atoms with Gasteiger partial charge in [0.1, 0.15) is 12.1 Å². The van der Waals surface area contributed by atoms with Gasteiger partial charge in [0.25, 0.3) is 0 Å². The van der Waals surface area contributed by atoms with E-state index in [9.17, 15) is 9.18 Å². The lowest BCUT2D eigenvalue weighted by Gasteiger charge is -2.04. The van der Waals surface area contributed by atoms with Gasteiger partial charge in [0.2, 0.25) is 5.89 Å². The predicted molar refractivity (Wildman–Crippen MR) is 62.2 cm³/mol. The maximum atomic E-state index is 12.9. The summed E-state index contributed by atoms with van der Waals surface area (Å²) in [4.78, 5) is 14.3. The van der Waals surface area contributed by atoms with E-state index in [1.54, 1.807) is 0 Å². The first kappa shape index (κ1) is 12.4. The molecule has 1 aromatic heterocycles. The topological polar surface area (TPSA) is 75.4 Å². The maximum absolute atomic E-state index is 12.9. The molecule has 0 amide bonds. The van der Waals surface area contributed by atoms with Crippen LogP contribution in [0.1, 0.15) is 16.4 Å². The minimum atomic E-state index is -1.16. The standard InChI is InChI=1S/C11H8ClFN2O3/c12-7-3-6(1-2-8(7)13)14-4-10-15-9(5-18-10)11(16)17/h1-3,5,14H,4H2,(H,16,17). The first-order chi connectivity index (χ1) is 8.56. The number of aromatic carboxylic acids is 1. The van der Waals surface area contributed by atoms with Crippen LogP contribution in [0.3, 0.4) is 0 Å². The molecule has 0 saturated carbocycles. The molecule has 2 aromatic rings. The van der Waals surface area contributed by atoms with Gasteiger partial charge in [-0.15, -0.1) is 0 Å². The first-order valence-electron chi connectivity index (χ1n) is 4.93. The summed E-state index contributed by atoms with van der Waals surface area (Å²) < 4.78 is 17.8. The molecule has 0 unspecified atom stereocenters. The molecule has 0 saturated heterocycles. The molecule has 0 aliphatic heterocycles. The fourth-order valence-electron chi connectivity index (χ4n) is 1.27. The molecule has 94 valence electrons. The van der Waals surface area contributed by atoms with Crippen LogP contribution in [-0.4, -0.2) is 16.1 Å². The number of hydrogen-bond donors (Lipinski definition) is 2. The summed E-state index contributed by atoms with van der Waals surface area (Å²) in [5, 5.41) is 11.5. The second-order valence-electron chi connectivity index (χ2n) is 3.41. The molecule has 5 nitrogen and oxygen atoms in total. The highest BCUT2D eigenvalue weighted by molar-refractivity contribution is 6.31. The Morgan fingerprint density at radius 1 is 1.56 bits per heavy atom. The highest BCUT2D eigenvalue weighted by Crippen LogP contribution is 2.19. The van der Waals surface area contributed by atoms with Gasteiger partial charge in [0.05, 0.1) is 11.6 Å². The van der Waals surface area contributed by atoms with E-state index >= 15 is 0 Å². The van der Waals surface area contributed by atoms with Gasteiger partial charge in [-0.2, -0.15) is 0 Å². The van der Waals surface area contributed by atoms with Crippen LogP contribution in [0.15, 0.2) is 28.9 Å². The lowest BCUT2D eigenvalue weighted by molar-refractivity contribution is 0.0690. The minimum absolute atomic E-state index is 0.00127. The van der Waals surface area contributed by atoms with Crippen LogP contribution >= 0.6 is 11.6 Å². The van der Waals surface area contributed by atoms with Gasteiger partial charge in [0, 0.05) is 5.69 Å². The monoisotopic (exact) mass is 270 g/mol. The van der Waals surface area contributed by atoms with E-state index in [2.05, 4.69) is 10.3 Å². The van der Waals surface area contributed by atoms with Gasteiger partial charge >= 0.3 is 5.97 Å². The molecule has 0 atom stereocenters. The number of halogens is 2. The summed E-state index contributed by atoms with van der Waals surface area (Å²) in [6, 6.07) is 4.14. The summed E-state index contributed by atoms with van der Waals surface area (Å²) in [5.74, 6) is -1.45. The third kappa shape index (κ3) is 2.78. The van der Waals surface area contributed by atoms with Crippen LogP contribution in [0, 0.1) is 5.82 Å². The van der Waals surface area contributed by atoms with Crippen LogP contribution < -0.4 is 5.32 Å². The number of hydrogen-bond acceptors (Lipinski definition) is 4. The third-order valence-electron chi connectivity index (χ3n) is 2.13. The van der Waals surface area contributed by atoms with E-state index in [-0.39, 0.29) is 23.2 Å². The number of benzene rings is 1. The van der Waals surface area contributed by atoms with Crippen LogP contribution in [0.2, 0.25) is 5.02 Å². The average molecular weight is 271 g/mol. The highest BCUT2D eigenvalue weighted by atomic mass is 35.5. The molecule has 0 radical (unpaired) electrons. The van der Waals surface area contributed by atoms with E-state index in [1.165, 1.54) is 18.2 Å². The molecule has 1 heterocycles. The van der Waals surface area contributed by atoms with Crippen LogP contribution in [0.25, 0.3) is 0 Å². The summed E-state index contributed by atoms with van der Waals surface area (Å²) in [5.41, 5.74) is 0.417. The fraction of sp³-hybridized carbons (Fsp3) is 0.0909. The van der Waals surface area contributed by atoms with Crippen LogP contribution in [0.5, 0.6) is 0 Å².